The van der Waals surface area contributed by atoms with Crippen molar-refractivity contribution >= 4 is 29.3 Å². The third-order valence-corrected chi connectivity index (χ3v) is 4.07. The molecule has 2 heterocycles. The number of hydrogen-bond donors (Lipinski definition) is 0. The van der Waals surface area contributed by atoms with Crippen LogP contribution in [0.2, 0.25) is 5.02 Å². The Morgan fingerprint density at radius 3 is 2.79 bits per heavy atom. The molecule has 3 aromatic rings. The van der Waals surface area contributed by atoms with Gasteiger partial charge < -0.3 is 9.15 Å². The van der Waals surface area contributed by atoms with Gasteiger partial charge >= 0.3 is 5.97 Å². The SMILES string of the molecule is CCOC(=O)c1ccc(Sc2nnc(-c3ccccc3Cl)o2)nc1. The largest absolute Gasteiger partial charge is 0.462 e. The first-order valence-corrected chi connectivity index (χ1v) is 8.26. The van der Waals surface area contributed by atoms with Gasteiger partial charge in [-0.2, -0.15) is 0 Å². The van der Waals surface area contributed by atoms with E-state index < -0.39 is 5.97 Å². The Bertz CT molecular complexity index is 852. The number of pyridine rings is 1. The standard InChI is InChI=1S/C16H12ClN3O3S/c1-2-22-15(21)10-7-8-13(18-9-10)24-16-20-19-14(23-16)11-5-3-4-6-12(11)17/h3-9H,2H2,1H3. The van der Waals surface area contributed by atoms with Crippen LogP contribution in [0.5, 0.6) is 0 Å². The van der Waals surface area contributed by atoms with E-state index in [1.54, 1.807) is 31.2 Å². The molecule has 0 radical (unpaired) electrons. The van der Waals surface area contributed by atoms with Crippen LogP contribution in [0.3, 0.4) is 0 Å². The normalized spacial score (nSPS) is 10.6. The fourth-order valence-corrected chi connectivity index (χ4v) is 2.70. The van der Waals surface area contributed by atoms with Crippen LogP contribution in [0.1, 0.15) is 17.3 Å². The summed E-state index contributed by atoms with van der Waals surface area (Å²) in [6.45, 7) is 2.07. The lowest BCUT2D eigenvalue weighted by atomic mass is 10.2. The lowest BCUT2D eigenvalue weighted by Crippen LogP contribution is -2.04. The van der Waals surface area contributed by atoms with Crippen LogP contribution < -0.4 is 0 Å². The van der Waals surface area contributed by atoms with Gasteiger partial charge in [-0.25, -0.2) is 9.78 Å². The van der Waals surface area contributed by atoms with Gasteiger partial charge in [-0.05, 0) is 43.0 Å². The van der Waals surface area contributed by atoms with E-state index in [1.807, 2.05) is 12.1 Å². The van der Waals surface area contributed by atoms with Gasteiger partial charge in [0.25, 0.3) is 5.22 Å². The molecule has 2 aromatic heterocycles. The molecule has 0 spiro atoms. The molecule has 0 aliphatic heterocycles. The summed E-state index contributed by atoms with van der Waals surface area (Å²) >= 11 is 7.31. The molecule has 24 heavy (non-hydrogen) atoms. The van der Waals surface area contributed by atoms with Crippen molar-refractivity contribution in [1.82, 2.24) is 15.2 Å². The second-order valence-corrected chi connectivity index (χ2v) is 5.94. The molecule has 8 heteroatoms. The molecule has 122 valence electrons. The van der Waals surface area contributed by atoms with E-state index in [1.165, 1.54) is 18.0 Å². The number of carbonyl (C=O) groups is 1. The third-order valence-electron chi connectivity index (χ3n) is 2.95. The molecule has 0 amide bonds. The van der Waals surface area contributed by atoms with Gasteiger partial charge in [-0.3, -0.25) is 0 Å². The minimum atomic E-state index is -0.402. The molecule has 6 nitrogen and oxygen atoms in total. The Kier molecular flexibility index (Phi) is 5.12. The number of aromatic nitrogens is 3. The molecule has 1 aromatic carbocycles. The fourth-order valence-electron chi connectivity index (χ4n) is 1.86. The summed E-state index contributed by atoms with van der Waals surface area (Å²) in [6.07, 6.45) is 1.45. The van der Waals surface area contributed by atoms with Crippen LogP contribution in [-0.4, -0.2) is 27.8 Å². The number of benzene rings is 1. The molecule has 0 atom stereocenters. The predicted octanol–water partition coefficient (Wildman–Crippen LogP) is 4.11. The summed E-state index contributed by atoms with van der Waals surface area (Å²) in [5.41, 5.74) is 1.06. The van der Waals surface area contributed by atoms with Crippen LogP contribution in [0.4, 0.5) is 0 Å². The van der Waals surface area contributed by atoms with E-state index in [4.69, 9.17) is 20.8 Å². The van der Waals surface area contributed by atoms with Crippen LogP contribution in [0, 0.1) is 0 Å². The predicted molar refractivity (Wildman–Crippen MR) is 89.1 cm³/mol. The maximum absolute atomic E-state index is 11.6. The van der Waals surface area contributed by atoms with E-state index in [2.05, 4.69) is 15.2 Å². The summed E-state index contributed by atoms with van der Waals surface area (Å²) in [5.74, 6) is -0.0633. The van der Waals surface area contributed by atoms with Gasteiger partial charge in [-0.1, -0.05) is 23.7 Å². The number of nitrogens with zero attached hydrogens (tertiary/aromatic N) is 3. The van der Waals surface area contributed by atoms with Gasteiger partial charge in [0.05, 0.1) is 22.8 Å². The molecule has 3 rings (SSSR count). The first-order valence-electron chi connectivity index (χ1n) is 7.07. The molecule has 0 bridgehead atoms. The minimum absolute atomic E-state index is 0.322. The molecule has 0 N–H and O–H groups in total. The molecule has 0 saturated heterocycles. The molecule has 0 fully saturated rings. The zero-order chi connectivity index (χ0) is 16.9. The van der Waals surface area contributed by atoms with Crippen molar-refractivity contribution in [1.29, 1.82) is 0 Å². The smallest absolute Gasteiger partial charge is 0.339 e. The number of rotatable bonds is 5. The molecule has 0 aliphatic rings. The topological polar surface area (TPSA) is 78.1 Å². The highest BCUT2D eigenvalue weighted by Gasteiger charge is 2.13. The summed E-state index contributed by atoms with van der Waals surface area (Å²) in [4.78, 5) is 15.8. The van der Waals surface area contributed by atoms with Crippen molar-refractivity contribution < 1.29 is 13.9 Å². The highest BCUT2D eigenvalue weighted by molar-refractivity contribution is 7.99. The Labute approximate surface area is 147 Å². The van der Waals surface area contributed by atoms with E-state index in [0.29, 0.717) is 38.9 Å². The molecule has 0 saturated carbocycles. The van der Waals surface area contributed by atoms with E-state index in [0.717, 1.165) is 0 Å². The third kappa shape index (κ3) is 3.74. The van der Waals surface area contributed by atoms with Gasteiger partial charge in [0.15, 0.2) is 0 Å². The second-order valence-electron chi connectivity index (χ2n) is 4.56. The van der Waals surface area contributed by atoms with Gasteiger partial charge in [-0.15, -0.1) is 10.2 Å². The van der Waals surface area contributed by atoms with Crippen LogP contribution in [-0.2, 0) is 4.74 Å². The number of carbonyl (C=O) groups excluding carboxylic acids is 1. The average Bonchev–Trinajstić information content (AvgIpc) is 3.04. The van der Waals surface area contributed by atoms with Gasteiger partial charge in [0, 0.05) is 6.20 Å². The summed E-state index contributed by atoms with van der Waals surface area (Å²) in [6, 6.07) is 10.6. The minimum Gasteiger partial charge on any atom is -0.462 e. The van der Waals surface area contributed by atoms with Crippen LogP contribution >= 0.6 is 23.4 Å². The Morgan fingerprint density at radius 2 is 2.08 bits per heavy atom. The van der Waals surface area contributed by atoms with E-state index >= 15 is 0 Å². The number of halogens is 1. The Hall–Kier alpha value is -2.38. The summed E-state index contributed by atoms with van der Waals surface area (Å²) in [7, 11) is 0. The van der Waals surface area contributed by atoms with E-state index in [9.17, 15) is 4.79 Å². The maximum atomic E-state index is 11.6. The Morgan fingerprint density at radius 1 is 1.25 bits per heavy atom. The lowest BCUT2D eigenvalue weighted by molar-refractivity contribution is 0.0525. The summed E-state index contributed by atoms with van der Waals surface area (Å²) < 4.78 is 10.5. The second kappa shape index (κ2) is 7.46. The first-order chi connectivity index (χ1) is 11.7. The highest BCUT2D eigenvalue weighted by atomic mass is 35.5. The number of esters is 1. The van der Waals surface area contributed by atoms with Gasteiger partial charge in [0.1, 0.15) is 5.03 Å². The van der Waals surface area contributed by atoms with Gasteiger partial charge in [0.2, 0.25) is 5.89 Å². The van der Waals surface area contributed by atoms with Crippen molar-refractivity contribution in [2.75, 3.05) is 6.61 Å². The number of ether oxygens (including phenoxy) is 1. The Balaban J connectivity index is 1.73. The molecular weight excluding hydrogens is 350 g/mol. The lowest BCUT2D eigenvalue weighted by Gasteiger charge is -2.01. The fraction of sp³-hybridized carbons (Fsp3) is 0.125. The first kappa shape index (κ1) is 16.5. The van der Waals surface area contributed by atoms with Crippen molar-refractivity contribution in [2.24, 2.45) is 0 Å². The van der Waals surface area contributed by atoms with Crippen molar-refractivity contribution in [3.8, 4) is 11.5 Å². The summed E-state index contributed by atoms with van der Waals surface area (Å²) in [5, 5.41) is 9.46. The quantitative estimate of drug-likeness (QED) is 0.632. The maximum Gasteiger partial charge on any atom is 0.339 e. The molecule has 0 unspecified atom stereocenters. The average molecular weight is 362 g/mol. The van der Waals surface area contributed by atoms with Crippen molar-refractivity contribution in [2.45, 2.75) is 17.2 Å². The van der Waals surface area contributed by atoms with Crippen molar-refractivity contribution in [3.63, 3.8) is 0 Å². The molecular formula is C16H12ClN3O3S. The van der Waals surface area contributed by atoms with Crippen LogP contribution in [0.15, 0.2) is 57.3 Å². The zero-order valence-corrected chi connectivity index (χ0v) is 14.2. The van der Waals surface area contributed by atoms with Crippen LogP contribution in [0.25, 0.3) is 11.5 Å². The monoisotopic (exact) mass is 361 g/mol. The number of hydrogen-bond acceptors (Lipinski definition) is 7. The zero-order valence-electron chi connectivity index (χ0n) is 12.6. The highest BCUT2D eigenvalue weighted by Crippen LogP contribution is 2.31. The van der Waals surface area contributed by atoms with E-state index in [-0.39, 0.29) is 0 Å². The molecule has 0 aliphatic carbocycles. The van der Waals surface area contributed by atoms with Crippen molar-refractivity contribution in [3.05, 3.63) is 53.2 Å².